The number of ether oxygens (including phenoxy) is 1. The summed E-state index contributed by atoms with van der Waals surface area (Å²) in [6.45, 7) is 6.72. The molecule has 1 unspecified atom stereocenters. The minimum Gasteiger partial charge on any atom is -0.443 e. The molecule has 1 aliphatic carbocycles. The highest BCUT2D eigenvalue weighted by Crippen LogP contribution is 2.36. The first-order valence-corrected chi connectivity index (χ1v) is 15.8. The molecular formula is C38H37N5O3. The van der Waals surface area contributed by atoms with Gasteiger partial charge in [-0.25, -0.2) is 19.3 Å². The molecule has 3 aromatic heterocycles. The van der Waals surface area contributed by atoms with Gasteiger partial charge >= 0.3 is 6.09 Å². The third-order valence-corrected chi connectivity index (χ3v) is 8.31. The summed E-state index contributed by atoms with van der Waals surface area (Å²) in [5, 5.41) is 0. The molecule has 0 spiro atoms. The van der Waals surface area contributed by atoms with E-state index >= 15 is 0 Å². The van der Waals surface area contributed by atoms with Crippen molar-refractivity contribution in [2.75, 3.05) is 0 Å². The highest BCUT2D eigenvalue weighted by molar-refractivity contribution is 5.87. The average molecular weight is 612 g/mol. The SMILES string of the molecule is CC(C)(C)OC(=O)n1c(CN(Cc2ccc(-c3ncc(-c4ccccc4)o3)cc2)C2CCCc3cccnc32)nc2ccccc21. The summed E-state index contributed by atoms with van der Waals surface area (Å²) in [5.41, 5.74) is 6.26. The third-order valence-electron chi connectivity index (χ3n) is 8.31. The number of nitrogens with zero attached hydrogens (tertiary/aromatic N) is 5. The Morgan fingerprint density at radius 1 is 0.913 bits per heavy atom. The van der Waals surface area contributed by atoms with Crippen LogP contribution in [0.1, 0.15) is 62.3 Å². The minimum atomic E-state index is -0.641. The van der Waals surface area contributed by atoms with Crippen LogP contribution in [0.2, 0.25) is 0 Å². The number of aryl methyl sites for hydroxylation is 1. The van der Waals surface area contributed by atoms with Crippen molar-refractivity contribution in [2.45, 2.75) is 64.8 Å². The van der Waals surface area contributed by atoms with E-state index in [9.17, 15) is 4.79 Å². The van der Waals surface area contributed by atoms with Crippen LogP contribution in [0.15, 0.2) is 108 Å². The van der Waals surface area contributed by atoms with Crippen molar-refractivity contribution in [3.63, 3.8) is 0 Å². The van der Waals surface area contributed by atoms with Crippen LogP contribution in [0.3, 0.4) is 0 Å². The number of carbonyl (C=O) groups excluding carboxylic acids is 1. The molecule has 0 radical (unpaired) electrons. The maximum Gasteiger partial charge on any atom is 0.420 e. The number of benzene rings is 3. The first-order valence-electron chi connectivity index (χ1n) is 15.8. The molecule has 0 saturated heterocycles. The summed E-state index contributed by atoms with van der Waals surface area (Å²) >= 11 is 0. The summed E-state index contributed by atoms with van der Waals surface area (Å²) in [4.78, 5) is 30.3. The Bertz CT molecular complexity index is 1970. The molecule has 0 amide bonds. The Morgan fingerprint density at radius 2 is 1.70 bits per heavy atom. The molecule has 46 heavy (non-hydrogen) atoms. The van der Waals surface area contributed by atoms with Crippen molar-refractivity contribution < 1.29 is 13.9 Å². The maximum absolute atomic E-state index is 13.6. The molecule has 1 atom stereocenters. The zero-order valence-electron chi connectivity index (χ0n) is 26.4. The molecule has 3 heterocycles. The number of aromatic nitrogens is 4. The maximum atomic E-state index is 13.6. The number of hydrogen-bond donors (Lipinski definition) is 0. The van der Waals surface area contributed by atoms with E-state index in [2.05, 4.69) is 40.2 Å². The Balaban J connectivity index is 1.22. The van der Waals surface area contributed by atoms with E-state index in [1.165, 1.54) is 5.56 Å². The zero-order chi connectivity index (χ0) is 31.7. The van der Waals surface area contributed by atoms with Crippen molar-refractivity contribution in [1.29, 1.82) is 0 Å². The van der Waals surface area contributed by atoms with Crippen LogP contribution in [-0.2, 0) is 24.2 Å². The van der Waals surface area contributed by atoms with E-state index < -0.39 is 11.7 Å². The molecule has 0 fully saturated rings. The lowest BCUT2D eigenvalue weighted by atomic mass is 9.90. The van der Waals surface area contributed by atoms with Gasteiger partial charge in [0.05, 0.1) is 35.5 Å². The fourth-order valence-corrected chi connectivity index (χ4v) is 6.22. The second-order valence-corrected chi connectivity index (χ2v) is 12.8. The first-order chi connectivity index (χ1) is 22.3. The smallest absolute Gasteiger partial charge is 0.420 e. The largest absolute Gasteiger partial charge is 0.443 e. The average Bonchev–Trinajstić information content (AvgIpc) is 3.70. The number of fused-ring (bicyclic) bond motifs is 2. The molecule has 3 aromatic carbocycles. The molecule has 0 saturated carbocycles. The topological polar surface area (TPSA) is 86.3 Å². The molecule has 8 nitrogen and oxygen atoms in total. The Labute approximate surface area is 268 Å². The van der Waals surface area contributed by atoms with Crippen molar-refractivity contribution in [2.24, 2.45) is 0 Å². The lowest BCUT2D eigenvalue weighted by molar-refractivity contribution is 0.0530. The number of imidazole rings is 1. The van der Waals surface area contributed by atoms with Crippen LogP contribution >= 0.6 is 0 Å². The summed E-state index contributed by atoms with van der Waals surface area (Å²) in [6, 6.07) is 30.3. The Morgan fingerprint density at radius 3 is 2.50 bits per heavy atom. The Hall–Kier alpha value is -5.08. The van der Waals surface area contributed by atoms with Crippen LogP contribution in [0, 0.1) is 0 Å². The van der Waals surface area contributed by atoms with E-state index in [1.807, 2.05) is 87.6 Å². The van der Waals surface area contributed by atoms with E-state index in [1.54, 1.807) is 10.8 Å². The summed E-state index contributed by atoms with van der Waals surface area (Å²) < 4.78 is 13.6. The highest BCUT2D eigenvalue weighted by Gasteiger charge is 2.30. The molecule has 0 N–H and O–H groups in total. The predicted molar refractivity (Wildman–Crippen MR) is 178 cm³/mol. The van der Waals surface area contributed by atoms with Crippen LogP contribution in [-0.4, -0.2) is 36.1 Å². The van der Waals surface area contributed by atoms with Gasteiger partial charge in [-0.15, -0.1) is 0 Å². The van der Waals surface area contributed by atoms with E-state index in [0.29, 0.717) is 24.8 Å². The van der Waals surface area contributed by atoms with Gasteiger partial charge in [0.15, 0.2) is 5.76 Å². The second kappa shape index (κ2) is 12.4. The summed E-state index contributed by atoms with van der Waals surface area (Å²) in [7, 11) is 0. The molecule has 0 bridgehead atoms. The van der Waals surface area contributed by atoms with Crippen molar-refractivity contribution in [3.8, 4) is 22.8 Å². The van der Waals surface area contributed by atoms with Crippen LogP contribution in [0.4, 0.5) is 4.79 Å². The lowest BCUT2D eigenvalue weighted by Crippen LogP contribution is -2.34. The van der Waals surface area contributed by atoms with Gasteiger partial charge in [-0.05, 0) is 81.5 Å². The van der Waals surface area contributed by atoms with E-state index in [0.717, 1.165) is 58.4 Å². The van der Waals surface area contributed by atoms with Gasteiger partial charge in [0.25, 0.3) is 0 Å². The van der Waals surface area contributed by atoms with Gasteiger partial charge in [-0.3, -0.25) is 9.88 Å². The van der Waals surface area contributed by atoms with Crippen molar-refractivity contribution >= 4 is 17.1 Å². The number of rotatable bonds is 7. The molecule has 8 heteroatoms. The van der Waals surface area contributed by atoms with Gasteiger partial charge in [-0.1, -0.05) is 60.7 Å². The predicted octanol–water partition coefficient (Wildman–Crippen LogP) is 8.62. The minimum absolute atomic E-state index is 0.0664. The molecule has 6 aromatic rings. The Kier molecular flexibility index (Phi) is 7.96. The lowest BCUT2D eigenvalue weighted by Gasteiger charge is -2.35. The van der Waals surface area contributed by atoms with Crippen LogP contribution in [0.25, 0.3) is 33.8 Å². The normalized spacial score (nSPS) is 14.8. The van der Waals surface area contributed by atoms with Crippen molar-refractivity contribution in [1.82, 2.24) is 24.4 Å². The quantitative estimate of drug-likeness (QED) is 0.179. The van der Waals surface area contributed by atoms with Gasteiger partial charge in [0, 0.05) is 23.9 Å². The van der Waals surface area contributed by atoms with Crippen LogP contribution in [0.5, 0.6) is 0 Å². The molecule has 0 aliphatic heterocycles. The fraction of sp³-hybridized carbons (Fsp3) is 0.263. The number of oxazole rings is 1. The molecule has 1 aliphatic rings. The number of para-hydroxylation sites is 2. The van der Waals surface area contributed by atoms with E-state index in [4.69, 9.17) is 19.1 Å². The molecular weight excluding hydrogens is 574 g/mol. The molecule has 232 valence electrons. The first kappa shape index (κ1) is 29.6. The third kappa shape index (κ3) is 6.21. The second-order valence-electron chi connectivity index (χ2n) is 12.8. The van der Waals surface area contributed by atoms with Gasteiger partial charge < -0.3 is 9.15 Å². The van der Waals surface area contributed by atoms with Crippen LogP contribution < -0.4 is 0 Å². The fourth-order valence-electron chi connectivity index (χ4n) is 6.22. The van der Waals surface area contributed by atoms with Gasteiger partial charge in [-0.2, -0.15) is 0 Å². The van der Waals surface area contributed by atoms with E-state index in [-0.39, 0.29) is 6.04 Å². The zero-order valence-corrected chi connectivity index (χ0v) is 26.4. The van der Waals surface area contributed by atoms with Gasteiger partial charge in [0.1, 0.15) is 11.4 Å². The number of pyridine rings is 1. The number of carbonyl (C=O) groups is 1. The monoisotopic (exact) mass is 611 g/mol. The molecule has 7 rings (SSSR count). The highest BCUT2D eigenvalue weighted by atomic mass is 16.6. The number of hydrogen-bond acceptors (Lipinski definition) is 7. The van der Waals surface area contributed by atoms with Gasteiger partial charge in [0.2, 0.25) is 5.89 Å². The van der Waals surface area contributed by atoms with Crippen molar-refractivity contribution in [3.05, 3.63) is 126 Å². The standard InChI is InChI=1S/C38H37N5O3/c1-38(2,3)46-37(44)43-31-16-8-7-15-30(31)41-34(43)25-42(32-17-9-13-28-14-10-22-39-35(28)32)24-26-18-20-29(21-19-26)36-40-23-33(45-36)27-11-5-4-6-12-27/h4-8,10-12,14-16,18-23,32H,9,13,17,24-25H2,1-3H3. The summed E-state index contributed by atoms with van der Waals surface area (Å²) in [5.74, 6) is 1.96. The summed E-state index contributed by atoms with van der Waals surface area (Å²) in [6.07, 6.45) is 6.26.